The topological polar surface area (TPSA) is 58.6 Å². The van der Waals surface area contributed by atoms with E-state index in [9.17, 15) is 14.0 Å². The number of piperidine rings is 1. The van der Waals surface area contributed by atoms with Crippen LogP contribution < -0.4 is 10.1 Å². The van der Waals surface area contributed by atoms with Gasteiger partial charge in [-0.3, -0.25) is 9.59 Å². The highest BCUT2D eigenvalue weighted by molar-refractivity contribution is 5.94. The van der Waals surface area contributed by atoms with E-state index in [0.717, 1.165) is 24.2 Å². The first kappa shape index (κ1) is 19.9. The first-order valence-electron chi connectivity index (χ1n) is 9.52. The average Bonchev–Trinajstić information content (AvgIpc) is 2.73. The Balaban J connectivity index is 1.42. The average molecular weight is 384 g/mol. The van der Waals surface area contributed by atoms with E-state index in [0.29, 0.717) is 31.5 Å². The van der Waals surface area contributed by atoms with Crippen molar-refractivity contribution in [1.82, 2.24) is 10.2 Å². The molecular formula is C22H25FN2O3. The number of hydrogen-bond acceptors (Lipinski definition) is 3. The molecule has 2 aromatic carbocycles. The van der Waals surface area contributed by atoms with Gasteiger partial charge >= 0.3 is 0 Å². The molecule has 1 aliphatic rings. The number of carbonyl (C=O) groups is 2. The van der Waals surface area contributed by atoms with Gasteiger partial charge in [-0.25, -0.2) is 4.39 Å². The number of hydrogen-bond donors (Lipinski definition) is 1. The van der Waals surface area contributed by atoms with Crippen LogP contribution in [0.15, 0.2) is 48.5 Å². The van der Waals surface area contributed by atoms with E-state index in [4.69, 9.17) is 4.74 Å². The van der Waals surface area contributed by atoms with Gasteiger partial charge in [-0.05, 0) is 61.2 Å². The van der Waals surface area contributed by atoms with Crippen LogP contribution in [0.25, 0.3) is 0 Å². The Labute approximate surface area is 164 Å². The summed E-state index contributed by atoms with van der Waals surface area (Å²) in [7, 11) is 1.63. The maximum absolute atomic E-state index is 13.0. The molecule has 0 bridgehead atoms. The zero-order chi connectivity index (χ0) is 19.9. The number of likely N-dealkylation sites (tertiary alicyclic amines) is 1. The van der Waals surface area contributed by atoms with E-state index in [1.807, 2.05) is 29.2 Å². The summed E-state index contributed by atoms with van der Waals surface area (Å²) < 4.78 is 18.1. The number of methoxy groups -OCH3 is 1. The van der Waals surface area contributed by atoms with Crippen LogP contribution in [0.1, 0.15) is 35.2 Å². The summed E-state index contributed by atoms with van der Waals surface area (Å²) in [6.07, 6.45) is 2.62. The number of rotatable bonds is 6. The van der Waals surface area contributed by atoms with E-state index in [1.54, 1.807) is 7.11 Å². The van der Waals surface area contributed by atoms with Crippen molar-refractivity contribution in [3.05, 3.63) is 65.5 Å². The molecule has 2 aromatic rings. The first-order valence-corrected chi connectivity index (χ1v) is 9.52. The Bertz CT molecular complexity index is 798. The molecule has 1 fully saturated rings. The van der Waals surface area contributed by atoms with Crippen LogP contribution in [-0.2, 0) is 11.2 Å². The van der Waals surface area contributed by atoms with Crippen LogP contribution in [-0.4, -0.2) is 43.0 Å². The number of ether oxygens (including phenoxy) is 1. The second-order valence-electron chi connectivity index (χ2n) is 6.98. The quantitative estimate of drug-likeness (QED) is 0.832. The molecule has 1 aliphatic heterocycles. The third-order valence-electron chi connectivity index (χ3n) is 5.08. The van der Waals surface area contributed by atoms with Crippen molar-refractivity contribution in [3.63, 3.8) is 0 Å². The predicted molar refractivity (Wildman–Crippen MR) is 105 cm³/mol. The van der Waals surface area contributed by atoms with Gasteiger partial charge < -0.3 is 15.0 Å². The van der Waals surface area contributed by atoms with Crippen LogP contribution in [0.5, 0.6) is 5.75 Å². The third-order valence-corrected chi connectivity index (χ3v) is 5.08. The number of amides is 2. The van der Waals surface area contributed by atoms with Gasteiger partial charge in [-0.1, -0.05) is 12.1 Å². The number of nitrogens with one attached hydrogen (secondary N) is 1. The molecule has 0 saturated carbocycles. The van der Waals surface area contributed by atoms with Crippen molar-refractivity contribution in [1.29, 1.82) is 0 Å². The minimum absolute atomic E-state index is 0.0307. The number of carbonyl (C=O) groups excluding carboxylic acids is 2. The van der Waals surface area contributed by atoms with Gasteiger partial charge in [0.05, 0.1) is 7.11 Å². The van der Waals surface area contributed by atoms with Crippen LogP contribution in [0, 0.1) is 5.82 Å². The lowest BCUT2D eigenvalue weighted by Crippen LogP contribution is -2.46. The van der Waals surface area contributed by atoms with E-state index in [2.05, 4.69) is 5.32 Å². The predicted octanol–water partition coefficient (Wildman–Crippen LogP) is 3.19. The Morgan fingerprint density at radius 2 is 1.71 bits per heavy atom. The molecule has 0 radical (unpaired) electrons. The summed E-state index contributed by atoms with van der Waals surface area (Å²) in [5.41, 5.74) is 1.55. The van der Waals surface area contributed by atoms with Gasteiger partial charge in [0.25, 0.3) is 5.91 Å². The highest BCUT2D eigenvalue weighted by Crippen LogP contribution is 2.16. The molecule has 1 N–H and O–H groups in total. The smallest absolute Gasteiger partial charge is 0.251 e. The summed E-state index contributed by atoms with van der Waals surface area (Å²) in [4.78, 5) is 26.5. The second kappa shape index (κ2) is 9.35. The molecule has 6 heteroatoms. The molecule has 0 aromatic heterocycles. The normalized spacial score (nSPS) is 14.6. The van der Waals surface area contributed by atoms with Gasteiger partial charge in [-0.2, -0.15) is 0 Å². The standard InChI is InChI=1S/C22H25FN2O3/c1-28-20-9-2-16(3-10-20)4-11-21(26)25-14-12-19(13-15-25)24-22(27)17-5-7-18(23)8-6-17/h2-3,5-10,19H,4,11-15H2,1H3,(H,24,27). The van der Waals surface area contributed by atoms with Gasteiger partial charge in [-0.15, -0.1) is 0 Å². The number of nitrogens with zero attached hydrogens (tertiary/aromatic N) is 1. The minimum Gasteiger partial charge on any atom is -0.497 e. The monoisotopic (exact) mass is 384 g/mol. The summed E-state index contributed by atoms with van der Waals surface area (Å²) >= 11 is 0. The zero-order valence-corrected chi connectivity index (χ0v) is 16.0. The fourth-order valence-corrected chi connectivity index (χ4v) is 3.34. The third kappa shape index (κ3) is 5.31. The van der Waals surface area contributed by atoms with Gasteiger partial charge in [0.1, 0.15) is 11.6 Å². The summed E-state index contributed by atoms with van der Waals surface area (Å²) in [6.45, 7) is 1.27. The fourth-order valence-electron chi connectivity index (χ4n) is 3.34. The van der Waals surface area contributed by atoms with Crippen LogP contribution in [0.2, 0.25) is 0 Å². The highest BCUT2D eigenvalue weighted by atomic mass is 19.1. The second-order valence-corrected chi connectivity index (χ2v) is 6.98. The van der Waals surface area contributed by atoms with E-state index in [-0.39, 0.29) is 23.7 Å². The molecular weight excluding hydrogens is 359 g/mol. The lowest BCUT2D eigenvalue weighted by Gasteiger charge is -2.32. The van der Waals surface area contributed by atoms with Crippen molar-refractivity contribution in [2.75, 3.05) is 20.2 Å². The van der Waals surface area contributed by atoms with Crippen molar-refractivity contribution >= 4 is 11.8 Å². The first-order chi connectivity index (χ1) is 13.5. The van der Waals surface area contributed by atoms with Crippen molar-refractivity contribution in [2.24, 2.45) is 0 Å². The summed E-state index contributed by atoms with van der Waals surface area (Å²) in [6, 6.07) is 13.3. The van der Waals surface area contributed by atoms with Gasteiger partial charge in [0.2, 0.25) is 5.91 Å². The SMILES string of the molecule is COc1ccc(CCC(=O)N2CCC(NC(=O)c3ccc(F)cc3)CC2)cc1. The minimum atomic E-state index is -0.363. The maximum atomic E-state index is 13.0. The Morgan fingerprint density at radius 1 is 1.07 bits per heavy atom. The largest absolute Gasteiger partial charge is 0.497 e. The number of benzene rings is 2. The van der Waals surface area contributed by atoms with Crippen molar-refractivity contribution in [3.8, 4) is 5.75 Å². The number of aryl methyl sites for hydroxylation is 1. The summed E-state index contributed by atoms with van der Waals surface area (Å²) in [5.74, 6) is 0.376. The Kier molecular flexibility index (Phi) is 6.63. The summed E-state index contributed by atoms with van der Waals surface area (Å²) in [5, 5.41) is 2.97. The molecule has 0 unspecified atom stereocenters. The highest BCUT2D eigenvalue weighted by Gasteiger charge is 2.24. The van der Waals surface area contributed by atoms with E-state index in [1.165, 1.54) is 24.3 Å². The molecule has 5 nitrogen and oxygen atoms in total. The van der Waals surface area contributed by atoms with Crippen LogP contribution in [0.4, 0.5) is 4.39 Å². The Hall–Kier alpha value is -2.89. The maximum Gasteiger partial charge on any atom is 0.251 e. The molecule has 2 amide bonds. The lowest BCUT2D eigenvalue weighted by molar-refractivity contribution is -0.132. The van der Waals surface area contributed by atoms with Crippen molar-refractivity contribution < 1.29 is 18.7 Å². The molecule has 0 spiro atoms. The van der Waals surface area contributed by atoms with Gasteiger partial charge in [0.15, 0.2) is 0 Å². The van der Waals surface area contributed by atoms with Crippen LogP contribution >= 0.6 is 0 Å². The Morgan fingerprint density at radius 3 is 2.32 bits per heavy atom. The fraction of sp³-hybridized carbons (Fsp3) is 0.364. The lowest BCUT2D eigenvalue weighted by atomic mass is 10.0. The van der Waals surface area contributed by atoms with E-state index < -0.39 is 0 Å². The van der Waals surface area contributed by atoms with E-state index >= 15 is 0 Å². The molecule has 1 heterocycles. The molecule has 0 atom stereocenters. The molecule has 28 heavy (non-hydrogen) atoms. The molecule has 1 saturated heterocycles. The molecule has 148 valence electrons. The molecule has 3 rings (SSSR count). The van der Waals surface area contributed by atoms with Crippen LogP contribution in [0.3, 0.4) is 0 Å². The zero-order valence-electron chi connectivity index (χ0n) is 16.0. The van der Waals surface area contributed by atoms with Gasteiger partial charge in [0, 0.05) is 31.1 Å². The van der Waals surface area contributed by atoms with Crippen molar-refractivity contribution in [2.45, 2.75) is 31.7 Å². The number of halogens is 1. The molecule has 0 aliphatic carbocycles.